The first-order valence-corrected chi connectivity index (χ1v) is 14.3. The summed E-state index contributed by atoms with van der Waals surface area (Å²) in [5, 5.41) is 10.0. The van der Waals surface area contributed by atoms with Crippen molar-refractivity contribution in [1.82, 2.24) is 14.2 Å². The van der Waals surface area contributed by atoms with Gasteiger partial charge in [0.15, 0.2) is 6.04 Å². The summed E-state index contributed by atoms with van der Waals surface area (Å²) in [6, 6.07) is 28.8. The van der Waals surface area contributed by atoms with E-state index in [2.05, 4.69) is 0 Å². The van der Waals surface area contributed by atoms with Gasteiger partial charge in [-0.25, -0.2) is 4.98 Å². The van der Waals surface area contributed by atoms with Crippen LogP contribution in [-0.2, 0) is 32.6 Å². The van der Waals surface area contributed by atoms with Crippen molar-refractivity contribution in [2.45, 2.75) is 50.9 Å². The smallest absolute Gasteiger partial charge is 0.480 e. The molecule has 1 aliphatic rings. The van der Waals surface area contributed by atoms with E-state index in [1.54, 1.807) is 27.1 Å². The van der Waals surface area contributed by atoms with E-state index >= 15 is 0 Å². The molecule has 40 heavy (non-hydrogen) atoms. The highest BCUT2D eigenvalue weighted by Crippen LogP contribution is 2.45. The summed E-state index contributed by atoms with van der Waals surface area (Å²) >= 11 is 0. The van der Waals surface area contributed by atoms with Crippen LogP contribution in [0, 0.1) is 0 Å². The van der Waals surface area contributed by atoms with Crippen LogP contribution in [0.25, 0.3) is 0 Å². The molecule has 0 fully saturated rings. The Morgan fingerprint density at radius 2 is 1.35 bits per heavy atom. The first-order valence-electron chi connectivity index (χ1n) is 13.0. The van der Waals surface area contributed by atoms with Crippen molar-refractivity contribution in [3.05, 3.63) is 125 Å². The van der Waals surface area contributed by atoms with Gasteiger partial charge in [-0.1, -0.05) is 95.7 Å². The van der Waals surface area contributed by atoms with Gasteiger partial charge in [-0.15, -0.1) is 0 Å². The quantitative estimate of drug-likeness (QED) is 0.213. The molecule has 2 atom stereocenters. The third-order valence-corrected chi connectivity index (χ3v) is 8.31. The Hall–Kier alpha value is -4.13. The third-order valence-electron chi connectivity index (χ3n) is 7.02. The van der Waals surface area contributed by atoms with Crippen LogP contribution in [0.1, 0.15) is 48.8 Å². The minimum absolute atomic E-state index is 0.00398. The van der Waals surface area contributed by atoms with Gasteiger partial charge in [0, 0.05) is 6.42 Å². The molecule has 1 aliphatic heterocycles. The summed E-state index contributed by atoms with van der Waals surface area (Å²) in [5.74, 6) is -1.17. The summed E-state index contributed by atoms with van der Waals surface area (Å²) in [5.41, 5.74) is 1.48. The molecule has 8 nitrogen and oxygen atoms in total. The van der Waals surface area contributed by atoms with Crippen molar-refractivity contribution in [1.29, 1.82) is 0 Å². The number of fused-ring (bicyclic) bond motifs is 1. The van der Waals surface area contributed by atoms with E-state index in [1.807, 2.05) is 95.6 Å². The van der Waals surface area contributed by atoms with Gasteiger partial charge in [-0.2, -0.15) is 4.79 Å². The summed E-state index contributed by atoms with van der Waals surface area (Å²) in [6.07, 6.45) is 1.72. The first-order chi connectivity index (χ1) is 19.1. The molecule has 0 aliphatic carbocycles. The molecule has 1 N–H and O–H groups in total. The molecule has 0 spiro atoms. The molecule has 0 saturated heterocycles. The summed E-state index contributed by atoms with van der Waals surface area (Å²) in [6.45, 7) is 4.98. The van der Waals surface area contributed by atoms with Crippen LogP contribution >= 0.6 is 7.95 Å². The Morgan fingerprint density at radius 3 is 1.77 bits per heavy atom. The van der Waals surface area contributed by atoms with E-state index in [0.29, 0.717) is 11.4 Å². The number of carboxylic acids is 1. The van der Waals surface area contributed by atoms with Crippen molar-refractivity contribution < 1.29 is 24.0 Å². The molecule has 9 heteroatoms. The molecule has 1 unspecified atom stereocenters. The van der Waals surface area contributed by atoms with E-state index in [0.717, 1.165) is 16.7 Å². The number of hydrogen-bond acceptors (Lipinski definition) is 5. The average Bonchev–Trinajstić information content (AvgIpc) is 3.36. The summed E-state index contributed by atoms with van der Waals surface area (Å²) < 4.78 is 22.1. The SMILES string of the molecule is CC(C)(C)OC(=O)[P+](=O)N1Cc2c(ncn2C(c2ccccc2)(c2ccccc2)c2ccccc2)C[C@H]1C(=O)O. The lowest BCUT2D eigenvalue weighted by Gasteiger charge is -2.39. The lowest BCUT2D eigenvalue weighted by atomic mass is 9.76. The molecule has 204 valence electrons. The van der Waals surface area contributed by atoms with Crippen molar-refractivity contribution in [3.8, 4) is 0 Å². The van der Waals surface area contributed by atoms with E-state index in [-0.39, 0.29) is 13.0 Å². The van der Waals surface area contributed by atoms with Crippen molar-refractivity contribution in [2.24, 2.45) is 0 Å². The minimum Gasteiger partial charge on any atom is -0.480 e. The normalized spacial score (nSPS) is 16.2. The van der Waals surface area contributed by atoms with Crippen LogP contribution in [0.2, 0.25) is 0 Å². The number of rotatable bonds is 7. The number of carbonyl (C=O) groups is 2. The number of benzene rings is 3. The predicted molar refractivity (Wildman–Crippen MR) is 151 cm³/mol. The molecular formula is C31H31N3O5P+. The van der Waals surface area contributed by atoms with Gasteiger partial charge < -0.3 is 14.4 Å². The summed E-state index contributed by atoms with van der Waals surface area (Å²) in [7, 11) is -2.81. The zero-order valence-corrected chi connectivity index (χ0v) is 23.5. The highest BCUT2D eigenvalue weighted by atomic mass is 31.1. The second-order valence-electron chi connectivity index (χ2n) is 10.7. The number of ether oxygens (including phenoxy) is 1. The second kappa shape index (κ2) is 10.8. The molecular weight excluding hydrogens is 525 g/mol. The Kier molecular flexibility index (Phi) is 7.41. The van der Waals surface area contributed by atoms with E-state index in [9.17, 15) is 19.3 Å². The molecule has 0 bridgehead atoms. The van der Waals surface area contributed by atoms with E-state index in [1.165, 1.54) is 4.67 Å². The maximum absolute atomic E-state index is 13.5. The van der Waals surface area contributed by atoms with Gasteiger partial charge in [0.25, 0.3) is 0 Å². The largest absolute Gasteiger partial charge is 0.578 e. The van der Waals surface area contributed by atoms with Crippen molar-refractivity contribution in [3.63, 3.8) is 0 Å². The van der Waals surface area contributed by atoms with Crippen LogP contribution < -0.4 is 0 Å². The standard InChI is InChI=1S/C31H30N3O5P/c1-30(2,3)39-29(37)40(38)34-20-27-25(19-26(34)28(35)36)32-21-33(27)31(22-13-7-4-8-14-22,23-15-9-5-10-16-23)24-17-11-6-12-18-24/h4-18,21,26H,19-20H2,1-3H3/p+1/t26-/m0/s1. The van der Waals surface area contributed by atoms with Crippen molar-refractivity contribution in [2.75, 3.05) is 0 Å². The maximum atomic E-state index is 13.5. The lowest BCUT2D eigenvalue weighted by Crippen LogP contribution is -2.45. The van der Waals surface area contributed by atoms with Gasteiger partial charge >= 0.3 is 19.6 Å². The number of imidazole rings is 1. The third kappa shape index (κ3) is 4.96. The molecule has 5 rings (SSSR count). The highest BCUT2D eigenvalue weighted by molar-refractivity contribution is 7.60. The Balaban J connectivity index is 1.73. The van der Waals surface area contributed by atoms with Gasteiger partial charge in [0.2, 0.25) is 0 Å². The Bertz CT molecular complexity index is 1440. The van der Waals surface area contributed by atoms with Crippen LogP contribution in [0.4, 0.5) is 4.79 Å². The zero-order chi connectivity index (χ0) is 28.5. The van der Waals surface area contributed by atoms with Gasteiger partial charge in [-0.3, -0.25) is 4.79 Å². The summed E-state index contributed by atoms with van der Waals surface area (Å²) in [4.78, 5) is 29.8. The number of carbonyl (C=O) groups excluding carboxylic acids is 1. The molecule has 1 aromatic heterocycles. The van der Waals surface area contributed by atoms with Gasteiger partial charge in [0.05, 0.1) is 24.3 Å². The first kappa shape index (κ1) is 27.4. The topological polar surface area (TPSA) is 102 Å². The molecule has 0 saturated carbocycles. The van der Waals surface area contributed by atoms with Crippen molar-refractivity contribution >= 4 is 19.6 Å². The van der Waals surface area contributed by atoms with Crippen LogP contribution in [0.3, 0.4) is 0 Å². The second-order valence-corrected chi connectivity index (χ2v) is 12.2. The number of carboxylic acid groups (broad SMARTS) is 1. The average molecular weight is 557 g/mol. The molecule has 2 heterocycles. The fourth-order valence-electron chi connectivity index (χ4n) is 5.36. The van der Waals surface area contributed by atoms with Crippen LogP contribution in [-0.4, -0.2) is 42.7 Å². The Labute approximate surface area is 234 Å². The highest BCUT2D eigenvalue weighted by Gasteiger charge is 2.52. The van der Waals surface area contributed by atoms with Crippen LogP contribution in [0.15, 0.2) is 97.3 Å². The lowest BCUT2D eigenvalue weighted by molar-refractivity contribution is -0.141. The predicted octanol–water partition coefficient (Wildman–Crippen LogP) is 6.21. The fourth-order valence-corrected chi connectivity index (χ4v) is 6.61. The fraction of sp³-hybridized carbons (Fsp3) is 0.258. The maximum Gasteiger partial charge on any atom is 0.578 e. The zero-order valence-electron chi connectivity index (χ0n) is 22.6. The monoisotopic (exact) mass is 556 g/mol. The van der Waals surface area contributed by atoms with E-state index in [4.69, 9.17) is 9.72 Å². The molecule has 4 aromatic rings. The Morgan fingerprint density at radius 1 is 0.875 bits per heavy atom. The number of aromatic nitrogens is 2. The van der Waals surface area contributed by atoms with Crippen LogP contribution in [0.5, 0.6) is 0 Å². The molecule has 3 aromatic carbocycles. The van der Waals surface area contributed by atoms with Gasteiger partial charge in [-0.05, 0) is 42.0 Å². The molecule has 0 amide bonds. The number of nitrogens with zero attached hydrogens (tertiary/aromatic N) is 3. The number of aliphatic carboxylic acids is 1. The number of hydrogen-bond donors (Lipinski definition) is 1. The minimum atomic E-state index is -2.81. The van der Waals surface area contributed by atoms with Gasteiger partial charge in [0.1, 0.15) is 11.1 Å². The molecule has 0 radical (unpaired) electrons. The van der Waals surface area contributed by atoms with E-state index < -0.39 is 36.8 Å².